The van der Waals surface area contributed by atoms with Gasteiger partial charge in [0.1, 0.15) is 0 Å². The highest BCUT2D eigenvalue weighted by Gasteiger charge is 2.13. The van der Waals surface area contributed by atoms with E-state index >= 15 is 0 Å². The minimum Gasteiger partial charge on any atom is -0.394 e. The molecule has 1 N–H and O–H groups in total. The second kappa shape index (κ2) is 4.69. The van der Waals surface area contributed by atoms with Crippen molar-refractivity contribution in [2.45, 2.75) is 6.04 Å². The van der Waals surface area contributed by atoms with E-state index < -0.39 is 0 Å². The lowest BCUT2D eigenvalue weighted by Crippen LogP contribution is -2.23. The molecule has 4 heteroatoms. The zero-order valence-corrected chi connectivity index (χ0v) is 9.32. The highest BCUT2D eigenvalue weighted by molar-refractivity contribution is 9.10. The molecule has 0 aliphatic rings. The Morgan fingerprint density at radius 1 is 1.54 bits per heavy atom. The first-order valence-corrected chi connectivity index (χ1v) is 4.83. The molecule has 0 saturated heterocycles. The Bertz CT molecular complexity index is 261. The van der Waals surface area contributed by atoms with E-state index in [2.05, 4.69) is 20.9 Å². The van der Waals surface area contributed by atoms with Gasteiger partial charge in [-0.1, -0.05) is 0 Å². The van der Waals surface area contributed by atoms with Crippen molar-refractivity contribution in [3.8, 4) is 0 Å². The van der Waals surface area contributed by atoms with Crippen molar-refractivity contribution in [3.05, 3.63) is 28.5 Å². The van der Waals surface area contributed by atoms with Crippen LogP contribution in [0.1, 0.15) is 11.7 Å². The summed E-state index contributed by atoms with van der Waals surface area (Å²) in [6.07, 6.45) is 1.74. The van der Waals surface area contributed by atoms with Gasteiger partial charge in [0.05, 0.1) is 18.3 Å². The van der Waals surface area contributed by atoms with Crippen LogP contribution in [0.5, 0.6) is 0 Å². The lowest BCUT2D eigenvalue weighted by molar-refractivity contribution is 0.167. The first kappa shape index (κ1) is 10.6. The van der Waals surface area contributed by atoms with Crippen LogP contribution in [0.15, 0.2) is 22.8 Å². The van der Waals surface area contributed by atoms with Crippen molar-refractivity contribution in [2.75, 3.05) is 20.7 Å². The zero-order valence-electron chi connectivity index (χ0n) is 7.74. The largest absolute Gasteiger partial charge is 0.394 e. The van der Waals surface area contributed by atoms with Crippen LogP contribution in [-0.2, 0) is 0 Å². The van der Waals surface area contributed by atoms with Crippen molar-refractivity contribution in [1.82, 2.24) is 9.88 Å². The van der Waals surface area contributed by atoms with Crippen molar-refractivity contribution < 1.29 is 5.11 Å². The normalized spacial score (nSPS) is 13.3. The van der Waals surface area contributed by atoms with Crippen molar-refractivity contribution >= 4 is 15.9 Å². The van der Waals surface area contributed by atoms with Gasteiger partial charge in [0.2, 0.25) is 0 Å². The summed E-state index contributed by atoms with van der Waals surface area (Å²) in [6.45, 7) is 0.0850. The highest BCUT2D eigenvalue weighted by Crippen LogP contribution is 2.16. The summed E-state index contributed by atoms with van der Waals surface area (Å²) >= 11 is 3.31. The number of rotatable bonds is 3. The smallest absolute Gasteiger partial charge is 0.0749 e. The molecular formula is C9H13BrN2O. The maximum Gasteiger partial charge on any atom is 0.0749 e. The Morgan fingerprint density at radius 3 is 2.62 bits per heavy atom. The third kappa shape index (κ3) is 2.76. The monoisotopic (exact) mass is 244 g/mol. The summed E-state index contributed by atoms with van der Waals surface area (Å²) in [5, 5.41) is 9.13. The van der Waals surface area contributed by atoms with Crippen LogP contribution in [0.3, 0.4) is 0 Å². The van der Waals surface area contributed by atoms with E-state index in [9.17, 15) is 0 Å². The number of pyridine rings is 1. The molecular weight excluding hydrogens is 232 g/mol. The number of nitrogens with zero attached hydrogens (tertiary/aromatic N) is 2. The summed E-state index contributed by atoms with van der Waals surface area (Å²) in [5.41, 5.74) is 0.885. The Hall–Kier alpha value is -0.450. The molecule has 0 radical (unpaired) electrons. The summed E-state index contributed by atoms with van der Waals surface area (Å²) < 4.78 is 0.951. The zero-order chi connectivity index (χ0) is 9.84. The Labute approximate surface area is 86.5 Å². The molecule has 72 valence electrons. The van der Waals surface area contributed by atoms with Gasteiger partial charge < -0.3 is 5.11 Å². The fourth-order valence-electron chi connectivity index (χ4n) is 1.11. The minimum atomic E-state index is -0.0203. The highest BCUT2D eigenvalue weighted by atomic mass is 79.9. The van der Waals surface area contributed by atoms with Crippen LogP contribution in [0.25, 0.3) is 0 Å². The third-order valence-electron chi connectivity index (χ3n) is 1.89. The maximum absolute atomic E-state index is 9.13. The van der Waals surface area contributed by atoms with Gasteiger partial charge in [-0.25, -0.2) is 0 Å². The van der Waals surface area contributed by atoms with E-state index in [1.165, 1.54) is 0 Å². The van der Waals surface area contributed by atoms with E-state index in [0.717, 1.165) is 10.2 Å². The van der Waals surface area contributed by atoms with Crippen LogP contribution in [0, 0.1) is 0 Å². The quantitative estimate of drug-likeness (QED) is 0.875. The fourth-order valence-corrected chi connectivity index (χ4v) is 1.34. The first-order chi connectivity index (χ1) is 6.15. The SMILES string of the molecule is CN(C)C(CO)c1ccc(Br)cn1. The number of aliphatic hydroxyl groups is 1. The average molecular weight is 245 g/mol. The van der Waals surface area contributed by atoms with Gasteiger partial charge in [0, 0.05) is 10.7 Å². The molecule has 0 bridgehead atoms. The van der Waals surface area contributed by atoms with Crippen LogP contribution in [-0.4, -0.2) is 35.7 Å². The second-order valence-corrected chi connectivity index (χ2v) is 3.98. The molecule has 0 aliphatic heterocycles. The molecule has 1 unspecified atom stereocenters. The summed E-state index contributed by atoms with van der Waals surface area (Å²) in [4.78, 5) is 6.16. The van der Waals surface area contributed by atoms with Gasteiger partial charge in [-0.3, -0.25) is 9.88 Å². The molecule has 13 heavy (non-hydrogen) atoms. The van der Waals surface area contributed by atoms with Crippen LogP contribution in [0.2, 0.25) is 0 Å². The molecule has 0 saturated carbocycles. The van der Waals surface area contributed by atoms with Gasteiger partial charge >= 0.3 is 0 Å². The molecule has 1 aromatic rings. The molecule has 0 amide bonds. The molecule has 1 heterocycles. The van der Waals surface area contributed by atoms with E-state index in [4.69, 9.17) is 5.11 Å². The Morgan fingerprint density at radius 2 is 2.23 bits per heavy atom. The molecule has 1 atom stereocenters. The van der Waals surface area contributed by atoms with Crippen LogP contribution < -0.4 is 0 Å². The lowest BCUT2D eigenvalue weighted by Gasteiger charge is -2.21. The van der Waals surface area contributed by atoms with Gasteiger partial charge in [0.15, 0.2) is 0 Å². The minimum absolute atomic E-state index is 0.0203. The maximum atomic E-state index is 9.13. The van der Waals surface area contributed by atoms with Gasteiger partial charge in [-0.2, -0.15) is 0 Å². The molecule has 0 aromatic carbocycles. The number of hydrogen-bond acceptors (Lipinski definition) is 3. The Kier molecular flexibility index (Phi) is 3.84. The fraction of sp³-hybridized carbons (Fsp3) is 0.444. The number of aromatic nitrogens is 1. The first-order valence-electron chi connectivity index (χ1n) is 4.04. The second-order valence-electron chi connectivity index (χ2n) is 3.06. The van der Waals surface area contributed by atoms with Crippen molar-refractivity contribution in [3.63, 3.8) is 0 Å². The Balaban J connectivity index is 2.86. The summed E-state index contributed by atoms with van der Waals surface area (Å²) in [6, 6.07) is 3.81. The molecule has 1 rings (SSSR count). The van der Waals surface area contributed by atoms with Crippen molar-refractivity contribution in [1.29, 1.82) is 0 Å². The standard InChI is InChI=1S/C9H13BrN2O/c1-12(2)9(6-13)8-4-3-7(10)5-11-8/h3-5,9,13H,6H2,1-2H3. The van der Waals surface area contributed by atoms with E-state index in [1.807, 2.05) is 31.1 Å². The number of aliphatic hydroxyl groups excluding tert-OH is 1. The van der Waals surface area contributed by atoms with Gasteiger partial charge in [-0.15, -0.1) is 0 Å². The molecule has 3 nitrogen and oxygen atoms in total. The van der Waals surface area contributed by atoms with Crippen LogP contribution in [0.4, 0.5) is 0 Å². The predicted molar refractivity (Wildman–Crippen MR) is 55.5 cm³/mol. The lowest BCUT2D eigenvalue weighted by atomic mass is 10.2. The molecule has 0 fully saturated rings. The summed E-state index contributed by atoms with van der Waals surface area (Å²) in [5.74, 6) is 0. The number of likely N-dealkylation sites (N-methyl/N-ethyl adjacent to an activating group) is 1. The number of halogens is 1. The van der Waals surface area contributed by atoms with Gasteiger partial charge in [-0.05, 0) is 42.2 Å². The molecule has 1 aromatic heterocycles. The molecule has 0 aliphatic carbocycles. The van der Waals surface area contributed by atoms with Crippen molar-refractivity contribution in [2.24, 2.45) is 0 Å². The van der Waals surface area contributed by atoms with E-state index in [1.54, 1.807) is 6.20 Å². The number of hydrogen-bond donors (Lipinski definition) is 1. The van der Waals surface area contributed by atoms with E-state index in [0.29, 0.717) is 0 Å². The predicted octanol–water partition coefficient (Wildman–Crippen LogP) is 1.44. The molecule has 0 spiro atoms. The third-order valence-corrected chi connectivity index (χ3v) is 2.36. The average Bonchev–Trinajstić information content (AvgIpc) is 2.09. The topological polar surface area (TPSA) is 36.4 Å². The van der Waals surface area contributed by atoms with Crippen LogP contribution >= 0.6 is 15.9 Å². The summed E-state index contributed by atoms with van der Waals surface area (Å²) in [7, 11) is 3.84. The van der Waals surface area contributed by atoms with E-state index in [-0.39, 0.29) is 12.6 Å². The van der Waals surface area contributed by atoms with Gasteiger partial charge in [0.25, 0.3) is 0 Å².